The number of hydrogen-bond donors (Lipinski definition) is 3. The van der Waals surface area contributed by atoms with Crippen molar-refractivity contribution in [2.45, 2.75) is 0 Å². The number of aromatic hydroxyl groups is 2. The highest BCUT2D eigenvalue weighted by atomic mass is 16.5. The van der Waals surface area contributed by atoms with Crippen LogP contribution in [0.2, 0.25) is 0 Å². The molecule has 6 nitrogen and oxygen atoms in total. The van der Waals surface area contributed by atoms with Crippen LogP contribution in [0.5, 0.6) is 17.2 Å². The van der Waals surface area contributed by atoms with Crippen LogP contribution in [0.15, 0.2) is 54.6 Å². The van der Waals surface area contributed by atoms with E-state index in [1.165, 1.54) is 12.1 Å². The Morgan fingerprint density at radius 2 is 1.62 bits per heavy atom. The lowest BCUT2D eigenvalue weighted by Crippen LogP contribution is -2.09. The second kappa shape index (κ2) is 5.92. The summed E-state index contributed by atoms with van der Waals surface area (Å²) in [5.41, 5.74) is -0.429. The first-order chi connectivity index (χ1) is 11.5. The summed E-state index contributed by atoms with van der Waals surface area (Å²) >= 11 is 0. The van der Waals surface area contributed by atoms with Crippen molar-refractivity contribution in [3.63, 3.8) is 0 Å². The average molecular weight is 324 g/mol. The highest BCUT2D eigenvalue weighted by molar-refractivity contribution is 6.02. The number of carboxylic acids is 1. The van der Waals surface area contributed by atoms with Crippen molar-refractivity contribution in [1.82, 2.24) is 0 Å². The van der Waals surface area contributed by atoms with Gasteiger partial charge in [0, 0.05) is 5.39 Å². The first kappa shape index (κ1) is 15.4. The highest BCUT2D eigenvalue weighted by Gasteiger charge is 2.17. The van der Waals surface area contributed by atoms with E-state index in [-0.39, 0.29) is 22.6 Å². The number of hydrogen-bond acceptors (Lipinski definition) is 5. The average Bonchev–Trinajstić information content (AvgIpc) is 2.57. The summed E-state index contributed by atoms with van der Waals surface area (Å²) in [5.74, 6) is -2.88. The van der Waals surface area contributed by atoms with Gasteiger partial charge in [-0.05, 0) is 29.7 Å². The van der Waals surface area contributed by atoms with Gasteiger partial charge in [0.05, 0.1) is 0 Å². The number of benzene rings is 3. The summed E-state index contributed by atoms with van der Waals surface area (Å²) in [6, 6.07) is 13.5. The summed E-state index contributed by atoms with van der Waals surface area (Å²) in [6.07, 6.45) is 0. The quantitative estimate of drug-likeness (QED) is 0.505. The van der Waals surface area contributed by atoms with Crippen LogP contribution in [0.1, 0.15) is 20.7 Å². The van der Waals surface area contributed by atoms with E-state index in [4.69, 9.17) is 9.84 Å². The molecule has 0 spiro atoms. The van der Waals surface area contributed by atoms with E-state index in [0.717, 1.165) is 17.5 Å². The molecule has 3 aromatic carbocycles. The first-order valence-electron chi connectivity index (χ1n) is 6.96. The summed E-state index contributed by atoms with van der Waals surface area (Å²) in [6.45, 7) is 0. The molecular formula is C18H12O6. The number of ether oxygens (including phenoxy) is 1. The molecule has 0 aromatic heterocycles. The molecule has 0 fully saturated rings. The molecular weight excluding hydrogens is 312 g/mol. The number of rotatable bonds is 3. The molecule has 0 atom stereocenters. The molecule has 0 radical (unpaired) electrons. The second-order valence-corrected chi connectivity index (χ2v) is 5.06. The third kappa shape index (κ3) is 2.72. The minimum atomic E-state index is -1.35. The van der Waals surface area contributed by atoms with Crippen molar-refractivity contribution in [2.24, 2.45) is 0 Å². The van der Waals surface area contributed by atoms with Crippen LogP contribution in [0.25, 0.3) is 10.8 Å². The van der Waals surface area contributed by atoms with Crippen molar-refractivity contribution in [3.05, 3.63) is 65.7 Å². The molecule has 0 heterocycles. The molecule has 3 rings (SSSR count). The fraction of sp³-hybridized carbons (Fsp3) is 0. The lowest BCUT2D eigenvalue weighted by Gasteiger charge is -2.09. The molecule has 0 saturated carbocycles. The van der Waals surface area contributed by atoms with Gasteiger partial charge in [0.25, 0.3) is 0 Å². The van der Waals surface area contributed by atoms with Crippen LogP contribution in [-0.2, 0) is 0 Å². The van der Waals surface area contributed by atoms with Gasteiger partial charge in [0.15, 0.2) is 0 Å². The van der Waals surface area contributed by atoms with Crippen LogP contribution >= 0.6 is 0 Å². The Hall–Kier alpha value is -3.54. The molecule has 0 aliphatic rings. The van der Waals surface area contributed by atoms with E-state index < -0.39 is 17.7 Å². The number of carbonyl (C=O) groups excluding carboxylic acids is 1. The Labute approximate surface area is 136 Å². The zero-order valence-electron chi connectivity index (χ0n) is 12.3. The van der Waals surface area contributed by atoms with Gasteiger partial charge >= 0.3 is 11.9 Å². The predicted octanol–water partition coefficient (Wildman–Crippen LogP) is 3.17. The zero-order valence-corrected chi connectivity index (χ0v) is 12.3. The van der Waals surface area contributed by atoms with Crippen LogP contribution in [0, 0.1) is 0 Å². The maximum absolute atomic E-state index is 12.3. The van der Waals surface area contributed by atoms with Gasteiger partial charge in [-0.3, -0.25) is 0 Å². The summed E-state index contributed by atoms with van der Waals surface area (Å²) in [4.78, 5) is 23.2. The van der Waals surface area contributed by atoms with Gasteiger partial charge in [-0.1, -0.05) is 30.3 Å². The number of carbonyl (C=O) groups is 2. The molecule has 3 aromatic rings. The van der Waals surface area contributed by atoms with E-state index in [0.29, 0.717) is 5.39 Å². The molecule has 0 aliphatic carbocycles. The Morgan fingerprint density at radius 1 is 0.875 bits per heavy atom. The Bertz CT molecular complexity index is 961. The number of phenolic OH excluding ortho intramolecular Hbond substituents is 1. The van der Waals surface area contributed by atoms with E-state index in [2.05, 4.69) is 0 Å². The van der Waals surface area contributed by atoms with E-state index in [9.17, 15) is 19.8 Å². The molecule has 24 heavy (non-hydrogen) atoms. The Kier molecular flexibility index (Phi) is 3.79. The van der Waals surface area contributed by atoms with Crippen LogP contribution in [0.4, 0.5) is 0 Å². The summed E-state index contributed by atoms with van der Waals surface area (Å²) in [7, 11) is 0. The molecule has 120 valence electrons. The number of esters is 1. The monoisotopic (exact) mass is 324 g/mol. The van der Waals surface area contributed by atoms with E-state index >= 15 is 0 Å². The Balaban J connectivity index is 1.95. The standard InChI is InChI=1S/C18H12O6/c19-15-8-6-11(9-14(15)17(21)22)24-18(23)13-7-5-10-3-1-2-4-12(10)16(13)20/h1-9,19-20H,(H,21,22). The van der Waals surface area contributed by atoms with Gasteiger partial charge in [-0.15, -0.1) is 0 Å². The maximum Gasteiger partial charge on any atom is 0.347 e. The second-order valence-electron chi connectivity index (χ2n) is 5.06. The molecule has 0 bridgehead atoms. The van der Waals surface area contributed by atoms with Crippen LogP contribution in [0.3, 0.4) is 0 Å². The molecule has 0 amide bonds. The largest absolute Gasteiger partial charge is 0.507 e. The maximum atomic E-state index is 12.3. The lowest BCUT2D eigenvalue weighted by molar-refractivity contribution is 0.0683. The van der Waals surface area contributed by atoms with Gasteiger partial charge in [0.1, 0.15) is 28.4 Å². The number of fused-ring (bicyclic) bond motifs is 1. The summed E-state index contributed by atoms with van der Waals surface area (Å²) < 4.78 is 5.10. The van der Waals surface area contributed by atoms with Gasteiger partial charge < -0.3 is 20.1 Å². The fourth-order valence-electron chi connectivity index (χ4n) is 2.33. The number of aromatic carboxylic acids is 1. The third-order valence-electron chi connectivity index (χ3n) is 3.53. The van der Waals surface area contributed by atoms with Crippen LogP contribution in [-0.4, -0.2) is 27.3 Å². The number of phenols is 2. The minimum Gasteiger partial charge on any atom is -0.507 e. The van der Waals surface area contributed by atoms with Gasteiger partial charge in [-0.25, -0.2) is 9.59 Å². The molecule has 6 heteroatoms. The third-order valence-corrected chi connectivity index (χ3v) is 3.53. The molecule has 0 aliphatic heterocycles. The van der Waals surface area contributed by atoms with Crippen LogP contribution < -0.4 is 4.74 Å². The Morgan fingerprint density at radius 3 is 2.38 bits per heavy atom. The minimum absolute atomic E-state index is 0.0429. The topological polar surface area (TPSA) is 104 Å². The van der Waals surface area contributed by atoms with Gasteiger partial charge in [0.2, 0.25) is 0 Å². The normalized spacial score (nSPS) is 10.5. The fourth-order valence-corrected chi connectivity index (χ4v) is 2.33. The molecule has 3 N–H and O–H groups in total. The van der Waals surface area contributed by atoms with Gasteiger partial charge in [-0.2, -0.15) is 0 Å². The van der Waals surface area contributed by atoms with E-state index in [1.54, 1.807) is 24.3 Å². The first-order valence-corrected chi connectivity index (χ1v) is 6.96. The lowest BCUT2D eigenvalue weighted by atomic mass is 10.1. The van der Waals surface area contributed by atoms with Crippen molar-refractivity contribution >= 4 is 22.7 Å². The zero-order chi connectivity index (χ0) is 17.3. The predicted molar refractivity (Wildman–Crippen MR) is 85.6 cm³/mol. The smallest absolute Gasteiger partial charge is 0.347 e. The van der Waals surface area contributed by atoms with Crippen molar-refractivity contribution in [3.8, 4) is 17.2 Å². The van der Waals surface area contributed by atoms with Crippen molar-refractivity contribution in [2.75, 3.05) is 0 Å². The van der Waals surface area contributed by atoms with E-state index in [1.807, 2.05) is 6.07 Å². The molecule has 0 unspecified atom stereocenters. The van der Waals surface area contributed by atoms with Crippen molar-refractivity contribution < 1.29 is 29.6 Å². The van der Waals surface area contributed by atoms with Crippen molar-refractivity contribution in [1.29, 1.82) is 0 Å². The highest BCUT2D eigenvalue weighted by Crippen LogP contribution is 2.30. The molecule has 0 saturated heterocycles. The summed E-state index contributed by atoms with van der Waals surface area (Å²) in [5, 5.41) is 29.9. The number of carboxylic acid groups (broad SMARTS) is 1. The SMILES string of the molecule is O=C(O)c1cc(OC(=O)c2ccc3ccccc3c2O)ccc1O.